The highest BCUT2D eigenvalue weighted by Crippen LogP contribution is 2.11. The Labute approximate surface area is 124 Å². The van der Waals surface area contributed by atoms with E-state index in [1.807, 2.05) is 12.1 Å². The van der Waals surface area contributed by atoms with Crippen LogP contribution in [0.2, 0.25) is 0 Å². The Morgan fingerprint density at radius 1 is 1.19 bits per heavy atom. The van der Waals surface area contributed by atoms with Gasteiger partial charge in [-0.05, 0) is 24.1 Å². The molecule has 7 heteroatoms. The number of sulfonamides is 1. The van der Waals surface area contributed by atoms with Crippen LogP contribution in [0.15, 0.2) is 36.5 Å². The lowest BCUT2D eigenvalue weighted by Crippen LogP contribution is -2.26. The Kier molecular flexibility index (Phi) is 5.00. The van der Waals surface area contributed by atoms with Crippen molar-refractivity contribution >= 4 is 10.0 Å². The van der Waals surface area contributed by atoms with Crippen molar-refractivity contribution in [3.8, 4) is 0 Å². The van der Waals surface area contributed by atoms with E-state index in [-0.39, 0.29) is 12.3 Å². The monoisotopic (exact) mass is 306 g/mol. The summed E-state index contributed by atoms with van der Waals surface area (Å²) >= 11 is 0. The molecule has 0 spiro atoms. The van der Waals surface area contributed by atoms with Crippen LogP contribution in [0, 0.1) is 6.92 Å². The van der Waals surface area contributed by atoms with Crippen LogP contribution < -0.4 is 10.5 Å². The van der Waals surface area contributed by atoms with Crippen LogP contribution in [0.3, 0.4) is 0 Å². The first-order valence-electron chi connectivity index (χ1n) is 6.53. The van der Waals surface area contributed by atoms with Gasteiger partial charge in [0, 0.05) is 12.7 Å². The first-order valence-corrected chi connectivity index (χ1v) is 8.18. The first-order chi connectivity index (χ1) is 10.00. The number of rotatable bonds is 6. The molecular weight excluding hydrogens is 288 g/mol. The molecule has 0 aliphatic carbocycles. The van der Waals surface area contributed by atoms with Gasteiger partial charge < -0.3 is 5.73 Å². The van der Waals surface area contributed by atoms with E-state index in [1.165, 1.54) is 0 Å². The highest BCUT2D eigenvalue weighted by molar-refractivity contribution is 7.88. The molecular formula is C14H18N4O2S. The Balaban J connectivity index is 2.05. The van der Waals surface area contributed by atoms with E-state index < -0.39 is 10.0 Å². The highest BCUT2D eigenvalue weighted by atomic mass is 32.2. The highest BCUT2D eigenvalue weighted by Gasteiger charge is 2.13. The molecule has 0 atom stereocenters. The van der Waals surface area contributed by atoms with E-state index in [2.05, 4.69) is 14.7 Å². The molecule has 3 N–H and O–H groups in total. The van der Waals surface area contributed by atoms with Crippen LogP contribution >= 0.6 is 0 Å². The molecule has 2 aromatic rings. The van der Waals surface area contributed by atoms with Crippen LogP contribution in [-0.4, -0.2) is 18.4 Å². The van der Waals surface area contributed by atoms with Gasteiger partial charge in [0.2, 0.25) is 10.0 Å². The molecule has 0 saturated heterocycles. The fourth-order valence-electron chi connectivity index (χ4n) is 1.94. The summed E-state index contributed by atoms with van der Waals surface area (Å²) in [5.41, 5.74) is 7.80. The SMILES string of the molecule is Cc1nccc(CNS(=O)(=O)Cc2ccccc2CN)n1. The lowest BCUT2D eigenvalue weighted by Gasteiger charge is -2.09. The van der Waals surface area contributed by atoms with Crippen molar-refractivity contribution in [2.75, 3.05) is 0 Å². The third-order valence-electron chi connectivity index (χ3n) is 2.99. The fourth-order valence-corrected chi connectivity index (χ4v) is 3.10. The molecule has 6 nitrogen and oxygen atoms in total. The van der Waals surface area contributed by atoms with Gasteiger partial charge >= 0.3 is 0 Å². The Bertz CT molecular complexity index is 716. The molecule has 0 fully saturated rings. The van der Waals surface area contributed by atoms with E-state index in [0.717, 1.165) is 5.56 Å². The Hall–Kier alpha value is -1.83. The summed E-state index contributed by atoms with van der Waals surface area (Å²) in [4.78, 5) is 8.13. The smallest absolute Gasteiger partial charge is 0.216 e. The van der Waals surface area contributed by atoms with Crippen molar-refractivity contribution < 1.29 is 8.42 Å². The number of nitrogens with two attached hydrogens (primary N) is 1. The van der Waals surface area contributed by atoms with Crippen LogP contribution in [0.5, 0.6) is 0 Å². The predicted octanol–water partition coefficient (Wildman–Crippen LogP) is 0.863. The van der Waals surface area contributed by atoms with Gasteiger partial charge in [-0.1, -0.05) is 24.3 Å². The molecule has 21 heavy (non-hydrogen) atoms. The molecule has 0 amide bonds. The summed E-state index contributed by atoms with van der Waals surface area (Å²) in [5.74, 6) is 0.518. The van der Waals surface area contributed by atoms with Crippen LogP contribution in [0.1, 0.15) is 22.6 Å². The van der Waals surface area contributed by atoms with E-state index in [9.17, 15) is 8.42 Å². The Morgan fingerprint density at radius 3 is 2.57 bits per heavy atom. The molecule has 1 aromatic carbocycles. The standard InChI is InChI=1S/C14H18N4O2S/c1-11-16-7-6-14(18-11)9-17-21(19,20)10-13-5-3-2-4-12(13)8-15/h2-7,17H,8-10,15H2,1H3. The van der Waals surface area contributed by atoms with Gasteiger partial charge in [-0.15, -0.1) is 0 Å². The quantitative estimate of drug-likeness (QED) is 0.825. The van der Waals surface area contributed by atoms with E-state index >= 15 is 0 Å². The molecule has 0 aliphatic heterocycles. The van der Waals surface area contributed by atoms with E-state index in [1.54, 1.807) is 31.3 Å². The van der Waals surface area contributed by atoms with Gasteiger partial charge in [-0.2, -0.15) is 0 Å². The fraction of sp³-hybridized carbons (Fsp3) is 0.286. The zero-order valence-corrected chi connectivity index (χ0v) is 12.6. The third-order valence-corrected chi connectivity index (χ3v) is 4.27. The van der Waals surface area contributed by atoms with Gasteiger partial charge in [0.05, 0.1) is 18.0 Å². The summed E-state index contributed by atoms with van der Waals surface area (Å²) < 4.78 is 26.8. The minimum atomic E-state index is -3.44. The molecule has 0 bridgehead atoms. The van der Waals surface area contributed by atoms with Gasteiger partial charge in [-0.25, -0.2) is 23.1 Å². The number of benzene rings is 1. The molecule has 112 valence electrons. The second kappa shape index (κ2) is 6.75. The van der Waals surface area contributed by atoms with Crippen molar-refractivity contribution in [2.24, 2.45) is 5.73 Å². The Morgan fingerprint density at radius 2 is 1.90 bits per heavy atom. The zero-order chi connectivity index (χ0) is 15.3. The minimum Gasteiger partial charge on any atom is -0.326 e. The second-order valence-electron chi connectivity index (χ2n) is 4.65. The normalized spacial score (nSPS) is 11.5. The topological polar surface area (TPSA) is 98.0 Å². The maximum atomic E-state index is 12.1. The second-order valence-corrected chi connectivity index (χ2v) is 6.46. The van der Waals surface area contributed by atoms with Crippen LogP contribution in [0.4, 0.5) is 0 Å². The number of aromatic nitrogens is 2. The average molecular weight is 306 g/mol. The van der Waals surface area contributed by atoms with Gasteiger partial charge in [0.1, 0.15) is 5.82 Å². The molecule has 1 heterocycles. The third kappa shape index (κ3) is 4.59. The molecule has 1 aromatic heterocycles. The van der Waals surface area contributed by atoms with Crippen molar-refractivity contribution in [1.82, 2.24) is 14.7 Å². The summed E-state index contributed by atoms with van der Waals surface area (Å²) in [6.45, 7) is 2.22. The van der Waals surface area contributed by atoms with E-state index in [0.29, 0.717) is 23.6 Å². The number of nitrogens with zero attached hydrogens (tertiary/aromatic N) is 2. The maximum Gasteiger partial charge on any atom is 0.216 e. The number of hydrogen-bond acceptors (Lipinski definition) is 5. The van der Waals surface area contributed by atoms with Gasteiger partial charge in [-0.3, -0.25) is 0 Å². The molecule has 0 unspecified atom stereocenters. The summed E-state index contributed by atoms with van der Waals surface area (Å²) in [5, 5.41) is 0. The number of hydrogen-bond donors (Lipinski definition) is 2. The van der Waals surface area contributed by atoms with Crippen LogP contribution in [0.25, 0.3) is 0 Å². The predicted molar refractivity (Wildman–Crippen MR) is 80.6 cm³/mol. The molecule has 0 saturated carbocycles. The molecule has 2 rings (SSSR count). The zero-order valence-electron chi connectivity index (χ0n) is 11.8. The number of nitrogens with one attached hydrogen (secondary N) is 1. The van der Waals surface area contributed by atoms with Gasteiger partial charge in [0.25, 0.3) is 0 Å². The van der Waals surface area contributed by atoms with Crippen molar-refractivity contribution in [3.63, 3.8) is 0 Å². The van der Waals surface area contributed by atoms with Crippen molar-refractivity contribution in [2.45, 2.75) is 25.8 Å². The summed E-state index contributed by atoms with van der Waals surface area (Å²) in [6.07, 6.45) is 1.61. The first kappa shape index (κ1) is 15.6. The lowest BCUT2D eigenvalue weighted by atomic mass is 10.1. The molecule has 0 radical (unpaired) electrons. The van der Waals surface area contributed by atoms with Crippen molar-refractivity contribution in [1.29, 1.82) is 0 Å². The number of aryl methyl sites for hydroxylation is 1. The summed E-state index contributed by atoms with van der Waals surface area (Å²) in [7, 11) is -3.44. The largest absolute Gasteiger partial charge is 0.326 e. The van der Waals surface area contributed by atoms with Gasteiger partial charge in [0.15, 0.2) is 0 Å². The average Bonchev–Trinajstić information content (AvgIpc) is 2.46. The molecule has 0 aliphatic rings. The maximum absolute atomic E-state index is 12.1. The van der Waals surface area contributed by atoms with E-state index in [4.69, 9.17) is 5.73 Å². The summed E-state index contributed by atoms with van der Waals surface area (Å²) in [6, 6.07) is 8.94. The minimum absolute atomic E-state index is 0.0928. The van der Waals surface area contributed by atoms with Crippen LogP contribution in [-0.2, 0) is 28.9 Å². The van der Waals surface area contributed by atoms with Crippen molar-refractivity contribution in [3.05, 3.63) is 59.2 Å². The lowest BCUT2D eigenvalue weighted by molar-refractivity contribution is 0.579.